The summed E-state index contributed by atoms with van der Waals surface area (Å²) in [6, 6.07) is 3.25. The molecule has 2 atom stereocenters. The summed E-state index contributed by atoms with van der Waals surface area (Å²) in [7, 11) is -3.25. The topological polar surface area (TPSA) is 91.7 Å². The van der Waals surface area contributed by atoms with Crippen molar-refractivity contribution in [1.29, 1.82) is 0 Å². The SMILES string of the molecule is C[C@@H](Cc1ccco1)NC(=O)N1CCC[C@H](NS(C)(=O)=O)C1. The van der Waals surface area contributed by atoms with Gasteiger partial charge in [0, 0.05) is 31.6 Å². The van der Waals surface area contributed by atoms with Crippen LogP contribution < -0.4 is 10.0 Å². The first-order valence-corrected chi connectivity index (χ1v) is 9.28. The maximum atomic E-state index is 12.3. The highest BCUT2D eigenvalue weighted by Crippen LogP contribution is 2.11. The van der Waals surface area contributed by atoms with Gasteiger partial charge in [-0.15, -0.1) is 0 Å². The zero-order chi connectivity index (χ0) is 16.2. The molecule has 0 radical (unpaired) electrons. The average molecular weight is 329 g/mol. The Morgan fingerprint density at radius 1 is 1.55 bits per heavy atom. The van der Waals surface area contributed by atoms with Gasteiger partial charge < -0.3 is 14.6 Å². The van der Waals surface area contributed by atoms with Crippen LogP contribution in [-0.2, 0) is 16.4 Å². The average Bonchev–Trinajstić information content (AvgIpc) is 2.89. The predicted molar refractivity (Wildman–Crippen MR) is 83.0 cm³/mol. The molecule has 1 aliphatic heterocycles. The largest absolute Gasteiger partial charge is 0.469 e. The van der Waals surface area contributed by atoms with Crippen molar-refractivity contribution in [3.63, 3.8) is 0 Å². The Balaban J connectivity index is 1.83. The molecule has 0 aromatic carbocycles. The van der Waals surface area contributed by atoms with Crippen LogP contribution in [0.1, 0.15) is 25.5 Å². The fourth-order valence-electron chi connectivity index (χ4n) is 2.64. The van der Waals surface area contributed by atoms with Crippen molar-refractivity contribution < 1.29 is 17.6 Å². The Kier molecular flexibility index (Phi) is 5.47. The molecule has 22 heavy (non-hydrogen) atoms. The van der Waals surface area contributed by atoms with Crippen LogP contribution in [-0.4, -0.2) is 50.8 Å². The van der Waals surface area contributed by atoms with E-state index in [1.54, 1.807) is 11.2 Å². The van der Waals surface area contributed by atoms with Gasteiger partial charge in [0.15, 0.2) is 0 Å². The number of urea groups is 1. The summed E-state index contributed by atoms with van der Waals surface area (Å²) in [4.78, 5) is 13.9. The highest BCUT2D eigenvalue weighted by Gasteiger charge is 2.26. The lowest BCUT2D eigenvalue weighted by Crippen LogP contribution is -2.53. The minimum absolute atomic E-state index is 0.0538. The fraction of sp³-hybridized carbons (Fsp3) is 0.643. The van der Waals surface area contributed by atoms with E-state index in [9.17, 15) is 13.2 Å². The van der Waals surface area contributed by atoms with Crippen LogP contribution in [0.3, 0.4) is 0 Å². The molecule has 0 spiro atoms. The van der Waals surface area contributed by atoms with Crippen molar-refractivity contribution in [2.24, 2.45) is 0 Å². The van der Waals surface area contributed by atoms with E-state index < -0.39 is 10.0 Å². The van der Waals surface area contributed by atoms with Gasteiger partial charge >= 0.3 is 6.03 Å². The second-order valence-electron chi connectivity index (χ2n) is 5.81. The quantitative estimate of drug-likeness (QED) is 0.841. The molecule has 0 unspecified atom stereocenters. The van der Waals surface area contributed by atoms with E-state index >= 15 is 0 Å². The maximum Gasteiger partial charge on any atom is 0.317 e. The molecule has 7 nitrogen and oxygen atoms in total. The summed E-state index contributed by atoms with van der Waals surface area (Å²) in [6.45, 7) is 2.95. The van der Waals surface area contributed by atoms with Gasteiger partial charge in [0.1, 0.15) is 5.76 Å². The van der Waals surface area contributed by atoms with E-state index in [0.29, 0.717) is 19.5 Å². The Morgan fingerprint density at radius 3 is 2.95 bits per heavy atom. The summed E-state index contributed by atoms with van der Waals surface area (Å²) < 4.78 is 30.4. The lowest BCUT2D eigenvalue weighted by molar-refractivity contribution is 0.174. The van der Waals surface area contributed by atoms with Crippen molar-refractivity contribution in [3.8, 4) is 0 Å². The number of nitrogens with one attached hydrogen (secondary N) is 2. The van der Waals surface area contributed by atoms with Gasteiger partial charge in [-0.2, -0.15) is 0 Å². The van der Waals surface area contributed by atoms with Crippen LogP contribution in [0.5, 0.6) is 0 Å². The second kappa shape index (κ2) is 7.15. The number of nitrogens with zero attached hydrogens (tertiary/aromatic N) is 1. The molecular weight excluding hydrogens is 306 g/mol. The number of likely N-dealkylation sites (tertiary alicyclic amines) is 1. The van der Waals surface area contributed by atoms with Crippen LogP contribution in [0.4, 0.5) is 4.79 Å². The van der Waals surface area contributed by atoms with E-state index in [2.05, 4.69) is 10.0 Å². The van der Waals surface area contributed by atoms with Crippen molar-refractivity contribution in [2.45, 2.75) is 38.3 Å². The van der Waals surface area contributed by atoms with Gasteiger partial charge in [0.25, 0.3) is 0 Å². The van der Waals surface area contributed by atoms with E-state index in [4.69, 9.17) is 4.42 Å². The van der Waals surface area contributed by atoms with Crippen LogP contribution >= 0.6 is 0 Å². The third-order valence-corrected chi connectivity index (χ3v) is 4.31. The first-order chi connectivity index (χ1) is 10.3. The molecule has 1 aliphatic rings. The summed E-state index contributed by atoms with van der Waals surface area (Å²) in [5, 5.41) is 2.92. The minimum Gasteiger partial charge on any atom is -0.469 e. The summed E-state index contributed by atoms with van der Waals surface area (Å²) in [5.41, 5.74) is 0. The van der Waals surface area contributed by atoms with Gasteiger partial charge in [-0.25, -0.2) is 17.9 Å². The normalized spacial score (nSPS) is 20.6. The number of sulfonamides is 1. The lowest BCUT2D eigenvalue weighted by atomic mass is 10.1. The molecule has 0 saturated carbocycles. The monoisotopic (exact) mass is 329 g/mol. The van der Waals surface area contributed by atoms with E-state index in [1.807, 2.05) is 19.1 Å². The molecule has 124 valence electrons. The highest BCUT2D eigenvalue weighted by molar-refractivity contribution is 7.88. The van der Waals surface area contributed by atoms with Crippen molar-refractivity contribution in [2.75, 3.05) is 19.3 Å². The van der Waals surface area contributed by atoms with Crippen molar-refractivity contribution in [3.05, 3.63) is 24.2 Å². The van der Waals surface area contributed by atoms with E-state index in [1.165, 1.54) is 0 Å². The highest BCUT2D eigenvalue weighted by atomic mass is 32.2. The maximum absolute atomic E-state index is 12.3. The molecule has 2 amide bonds. The van der Waals surface area contributed by atoms with Crippen LogP contribution in [0, 0.1) is 0 Å². The molecule has 0 aliphatic carbocycles. The zero-order valence-electron chi connectivity index (χ0n) is 12.9. The summed E-state index contributed by atoms with van der Waals surface area (Å²) >= 11 is 0. The second-order valence-corrected chi connectivity index (χ2v) is 7.59. The number of piperidine rings is 1. The molecule has 2 rings (SSSR count). The Morgan fingerprint density at radius 2 is 2.32 bits per heavy atom. The number of amides is 2. The molecule has 1 aromatic heterocycles. The van der Waals surface area contributed by atoms with Gasteiger partial charge in [0.05, 0.1) is 12.5 Å². The predicted octanol–water partition coefficient (Wildman–Crippen LogP) is 0.934. The van der Waals surface area contributed by atoms with Crippen molar-refractivity contribution in [1.82, 2.24) is 14.9 Å². The van der Waals surface area contributed by atoms with Gasteiger partial charge in [-0.3, -0.25) is 0 Å². The summed E-state index contributed by atoms with van der Waals surface area (Å²) in [5.74, 6) is 0.822. The standard InChI is InChI=1S/C14H23N3O4S/c1-11(9-13-6-4-8-21-13)15-14(18)17-7-3-5-12(10-17)16-22(2,19)20/h4,6,8,11-12,16H,3,5,7,9-10H2,1-2H3,(H,15,18)/t11-,12-/m0/s1. The minimum atomic E-state index is -3.25. The third kappa shape index (κ3) is 5.34. The fourth-order valence-corrected chi connectivity index (χ4v) is 3.44. The first-order valence-electron chi connectivity index (χ1n) is 7.38. The van der Waals surface area contributed by atoms with Gasteiger partial charge in [-0.05, 0) is 31.9 Å². The zero-order valence-corrected chi connectivity index (χ0v) is 13.7. The van der Waals surface area contributed by atoms with Crippen molar-refractivity contribution >= 4 is 16.1 Å². The van der Waals surface area contributed by atoms with Crippen LogP contribution in [0.25, 0.3) is 0 Å². The van der Waals surface area contributed by atoms with Gasteiger partial charge in [-0.1, -0.05) is 0 Å². The number of furan rings is 1. The molecule has 8 heteroatoms. The molecule has 1 fully saturated rings. The number of hydrogen-bond donors (Lipinski definition) is 2. The van der Waals surface area contributed by atoms with Gasteiger partial charge in [0.2, 0.25) is 10.0 Å². The number of carbonyl (C=O) groups excluding carboxylic acids is 1. The number of hydrogen-bond acceptors (Lipinski definition) is 4. The molecule has 1 saturated heterocycles. The van der Waals surface area contributed by atoms with E-state index in [0.717, 1.165) is 24.9 Å². The van der Waals surface area contributed by atoms with Crippen LogP contribution in [0.15, 0.2) is 22.8 Å². The smallest absolute Gasteiger partial charge is 0.317 e. The molecule has 2 N–H and O–H groups in total. The number of carbonyl (C=O) groups is 1. The Bertz CT molecular complexity index is 585. The third-order valence-electron chi connectivity index (χ3n) is 3.55. The Hall–Kier alpha value is -1.54. The molecular formula is C14H23N3O4S. The molecule has 0 bridgehead atoms. The van der Waals surface area contributed by atoms with E-state index in [-0.39, 0.29) is 18.1 Å². The lowest BCUT2D eigenvalue weighted by Gasteiger charge is -2.33. The summed E-state index contributed by atoms with van der Waals surface area (Å²) in [6.07, 6.45) is 4.90. The first kappa shape index (κ1) is 16.8. The molecule has 2 heterocycles. The Labute approximate surface area is 131 Å². The molecule has 1 aromatic rings. The van der Waals surface area contributed by atoms with Crippen LogP contribution in [0.2, 0.25) is 0 Å². The number of rotatable bonds is 5.